The minimum absolute atomic E-state index is 0.0297. The van der Waals surface area contributed by atoms with Crippen LogP contribution in [0.3, 0.4) is 0 Å². The predicted molar refractivity (Wildman–Crippen MR) is 62.2 cm³/mol. The van der Waals surface area contributed by atoms with Crippen LogP contribution in [0.5, 0.6) is 0 Å². The Morgan fingerprint density at radius 2 is 2.00 bits per heavy atom. The molecule has 19 heavy (non-hydrogen) atoms. The Hall–Kier alpha value is -0.820. The number of amides is 1. The number of nitrogens with two attached hydrogens (primary N) is 1. The summed E-state index contributed by atoms with van der Waals surface area (Å²) >= 11 is 0. The van der Waals surface area contributed by atoms with Gasteiger partial charge in [-0.25, -0.2) is 0 Å². The van der Waals surface area contributed by atoms with E-state index < -0.39 is 24.1 Å². The number of rotatable bonds is 2. The highest BCUT2D eigenvalue weighted by molar-refractivity contribution is 5.80. The first-order chi connectivity index (χ1) is 8.88. The first-order valence-electron chi connectivity index (χ1n) is 6.58. The fraction of sp³-hybridized carbons (Fsp3) is 0.917. The fourth-order valence-electron chi connectivity index (χ4n) is 2.77. The molecule has 7 heteroatoms. The zero-order valence-corrected chi connectivity index (χ0v) is 10.6. The summed E-state index contributed by atoms with van der Waals surface area (Å²) in [4.78, 5) is 11.9. The SMILES string of the molecule is NC1COCC1C(=O)NC1CCCC(C(F)(F)F)C1. The number of alkyl halides is 3. The van der Waals surface area contributed by atoms with E-state index in [9.17, 15) is 18.0 Å². The lowest BCUT2D eigenvalue weighted by Crippen LogP contribution is -2.47. The number of carbonyl (C=O) groups excluding carboxylic acids is 1. The molecule has 1 amide bonds. The van der Waals surface area contributed by atoms with E-state index in [1.54, 1.807) is 0 Å². The zero-order chi connectivity index (χ0) is 14.0. The third-order valence-corrected chi connectivity index (χ3v) is 3.94. The number of nitrogens with one attached hydrogen (secondary N) is 1. The molecule has 0 radical (unpaired) electrons. The Kier molecular flexibility index (Phi) is 4.35. The molecule has 4 nitrogen and oxygen atoms in total. The minimum Gasteiger partial charge on any atom is -0.379 e. The fourth-order valence-corrected chi connectivity index (χ4v) is 2.77. The van der Waals surface area contributed by atoms with Crippen LogP contribution in [0, 0.1) is 11.8 Å². The monoisotopic (exact) mass is 280 g/mol. The second-order valence-electron chi connectivity index (χ2n) is 5.42. The average Bonchev–Trinajstić information content (AvgIpc) is 2.75. The molecule has 4 atom stereocenters. The van der Waals surface area contributed by atoms with Crippen molar-refractivity contribution in [3.8, 4) is 0 Å². The van der Waals surface area contributed by atoms with Gasteiger partial charge in [0.15, 0.2) is 0 Å². The van der Waals surface area contributed by atoms with Gasteiger partial charge in [-0.15, -0.1) is 0 Å². The van der Waals surface area contributed by atoms with Crippen LogP contribution < -0.4 is 11.1 Å². The molecule has 1 aliphatic carbocycles. The van der Waals surface area contributed by atoms with E-state index >= 15 is 0 Å². The molecule has 0 aromatic carbocycles. The maximum absolute atomic E-state index is 12.7. The highest BCUT2D eigenvalue weighted by Gasteiger charge is 2.43. The molecule has 4 unspecified atom stereocenters. The van der Waals surface area contributed by atoms with Gasteiger partial charge < -0.3 is 15.8 Å². The van der Waals surface area contributed by atoms with Crippen molar-refractivity contribution in [2.24, 2.45) is 17.6 Å². The Morgan fingerprint density at radius 1 is 1.26 bits per heavy atom. The summed E-state index contributed by atoms with van der Waals surface area (Å²) < 4.78 is 43.1. The van der Waals surface area contributed by atoms with Crippen LogP contribution in [0.4, 0.5) is 13.2 Å². The molecule has 0 bridgehead atoms. The number of ether oxygens (including phenoxy) is 1. The van der Waals surface area contributed by atoms with Gasteiger partial charge >= 0.3 is 6.18 Å². The molecule has 1 heterocycles. The summed E-state index contributed by atoms with van der Waals surface area (Å²) in [6.45, 7) is 0.580. The smallest absolute Gasteiger partial charge is 0.379 e. The molecule has 2 rings (SSSR count). The maximum Gasteiger partial charge on any atom is 0.391 e. The molecule has 1 saturated carbocycles. The predicted octanol–water partition coefficient (Wildman–Crippen LogP) is 1.20. The topological polar surface area (TPSA) is 64.3 Å². The maximum atomic E-state index is 12.7. The molecule has 2 aliphatic rings. The average molecular weight is 280 g/mol. The third kappa shape index (κ3) is 3.60. The van der Waals surface area contributed by atoms with Crippen molar-refractivity contribution in [3.05, 3.63) is 0 Å². The van der Waals surface area contributed by atoms with Crippen LogP contribution in [0.1, 0.15) is 25.7 Å². The minimum atomic E-state index is -4.17. The first kappa shape index (κ1) is 14.6. The van der Waals surface area contributed by atoms with Gasteiger partial charge in [-0.05, 0) is 19.3 Å². The molecule has 1 saturated heterocycles. The molecule has 0 aromatic heterocycles. The van der Waals surface area contributed by atoms with Crippen LogP contribution in [-0.4, -0.2) is 37.4 Å². The van der Waals surface area contributed by atoms with Gasteiger partial charge in [0.1, 0.15) is 0 Å². The Labute approximate surface area is 109 Å². The van der Waals surface area contributed by atoms with Crippen LogP contribution in [0.25, 0.3) is 0 Å². The second kappa shape index (κ2) is 5.66. The van der Waals surface area contributed by atoms with E-state index in [0.29, 0.717) is 19.4 Å². The van der Waals surface area contributed by atoms with E-state index in [0.717, 1.165) is 0 Å². The van der Waals surface area contributed by atoms with E-state index in [-0.39, 0.29) is 31.4 Å². The Bertz CT molecular complexity index is 335. The van der Waals surface area contributed by atoms with E-state index in [1.165, 1.54) is 0 Å². The summed E-state index contributed by atoms with van der Waals surface area (Å²) in [6.07, 6.45) is -2.96. The summed E-state index contributed by atoms with van der Waals surface area (Å²) in [5, 5.41) is 2.69. The molecule has 3 N–H and O–H groups in total. The molecular weight excluding hydrogens is 261 g/mol. The molecule has 0 aromatic rings. The van der Waals surface area contributed by atoms with Crippen molar-refractivity contribution in [2.75, 3.05) is 13.2 Å². The molecule has 1 aliphatic heterocycles. The number of carbonyl (C=O) groups is 1. The van der Waals surface area contributed by atoms with E-state index in [4.69, 9.17) is 10.5 Å². The highest BCUT2D eigenvalue weighted by atomic mass is 19.4. The van der Waals surface area contributed by atoms with Crippen LogP contribution >= 0.6 is 0 Å². The number of hydrogen-bond acceptors (Lipinski definition) is 3. The van der Waals surface area contributed by atoms with Gasteiger partial charge in [0, 0.05) is 12.1 Å². The van der Waals surface area contributed by atoms with Crippen molar-refractivity contribution in [3.63, 3.8) is 0 Å². The largest absolute Gasteiger partial charge is 0.391 e. The van der Waals surface area contributed by atoms with Gasteiger partial charge in [-0.3, -0.25) is 4.79 Å². The van der Waals surface area contributed by atoms with Crippen molar-refractivity contribution in [2.45, 2.75) is 43.9 Å². The third-order valence-electron chi connectivity index (χ3n) is 3.94. The van der Waals surface area contributed by atoms with Crippen LogP contribution in [-0.2, 0) is 9.53 Å². The second-order valence-corrected chi connectivity index (χ2v) is 5.42. The summed E-state index contributed by atoms with van der Waals surface area (Å²) in [6, 6.07) is -0.761. The molecule has 2 fully saturated rings. The Morgan fingerprint density at radius 3 is 2.58 bits per heavy atom. The van der Waals surface area contributed by atoms with Crippen LogP contribution in [0.15, 0.2) is 0 Å². The Balaban J connectivity index is 1.87. The van der Waals surface area contributed by atoms with E-state index in [1.807, 2.05) is 0 Å². The van der Waals surface area contributed by atoms with Gasteiger partial charge in [0.05, 0.1) is 25.0 Å². The number of hydrogen-bond donors (Lipinski definition) is 2. The summed E-state index contributed by atoms with van der Waals surface area (Å²) in [7, 11) is 0. The van der Waals surface area contributed by atoms with Gasteiger partial charge in [-0.1, -0.05) is 6.42 Å². The van der Waals surface area contributed by atoms with E-state index in [2.05, 4.69) is 5.32 Å². The lowest BCUT2D eigenvalue weighted by Gasteiger charge is -2.31. The van der Waals surface area contributed by atoms with Crippen molar-refractivity contribution < 1.29 is 22.7 Å². The zero-order valence-electron chi connectivity index (χ0n) is 10.6. The molecular formula is C12H19F3N2O2. The summed E-state index contributed by atoms with van der Waals surface area (Å²) in [5.74, 6) is -2.02. The quantitative estimate of drug-likeness (QED) is 0.799. The molecule has 0 spiro atoms. The van der Waals surface area contributed by atoms with Gasteiger partial charge in [0.25, 0.3) is 0 Å². The lowest BCUT2D eigenvalue weighted by molar-refractivity contribution is -0.184. The molecule has 110 valence electrons. The lowest BCUT2D eigenvalue weighted by atomic mass is 9.85. The first-order valence-corrected chi connectivity index (χ1v) is 6.58. The van der Waals surface area contributed by atoms with Crippen molar-refractivity contribution in [1.29, 1.82) is 0 Å². The summed E-state index contributed by atoms with van der Waals surface area (Å²) in [5.41, 5.74) is 5.72. The van der Waals surface area contributed by atoms with Gasteiger partial charge in [-0.2, -0.15) is 13.2 Å². The van der Waals surface area contributed by atoms with Crippen molar-refractivity contribution >= 4 is 5.91 Å². The van der Waals surface area contributed by atoms with Gasteiger partial charge in [0.2, 0.25) is 5.91 Å². The standard InChI is InChI=1S/C12H19F3N2O2/c13-12(14,15)7-2-1-3-8(4-7)17-11(18)9-5-19-6-10(9)16/h7-10H,1-6,16H2,(H,17,18). The number of halogens is 3. The highest BCUT2D eigenvalue weighted by Crippen LogP contribution is 2.37. The van der Waals surface area contributed by atoms with Crippen molar-refractivity contribution in [1.82, 2.24) is 5.32 Å². The normalized spacial score (nSPS) is 36.2. The van der Waals surface area contributed by atoms with Crippen LogP contribution in [0.2, 0.25) is 0 Å².